The van der Waals surface area contributed by atoms with Gasteiger partial charge in [0.05, 0.1) is 25.0 Å². The summed E-state index contributed by atoms with van der Waals surface area (Å²) in [6.07, 6.45) is 0.685. The van der Waals surface area contributed by atoms with Gasteiger partial charge in [-0.1, -0.05) is 6.92 Å². The van der Waals surface area contributed by atoms with Crippen LogP contribution in [0.25, 0.3) is 0 Å². The van der Waals surface area contributed by atoms with Crippen molar-refractivity contribution in [3.63, 3.8) is 0 Å². The Hall–Kier alpha value is -0.460. The molecule has 0 saturated carbocycles. The topological polar surface area (TPSA) is 72.5 Å². The summed E-state index contributed by atoms with van der Waals surface area (Å²) in [6, 6.07) is -0.328. The number of carbonyl (C=O) groups is 1. The molecule has 1 atom stereocenters. The molecule has 94 valence electrons. The number of hydrogen-bond acceptors (Lipinski definition) is 5. The third kappa shape index (κ3) is 4.59. The average Bonchev–Trinajstić information content (AvgIpc) is 2.27. The van der Waals surface area contributed by atoms with Gasteiger partial charge < -0.3 is 10.1 Å². The lowest BCUT2D eigenvalue weighted by atomic mass is 10.1. The molecule has 1 saturated heterocycles. The van der Waals surface area contributed by atoms with Crippen LogP contribution in [0.3, 0.4) is 0 Å². The van der Waals surface area contributed by atoms with Gasteiger partial charge in [-0.2, -0.15) is 0 Å². The Morgan fingerprint density at radius 3 is 2.75 bits per heavy atom. The van der Waals surface area contributed by atoms with E-state index >= 15 is 0 Å². The van der Waals surface area contributed by atoms with E-state index in [0.29, 0.717) is 26.2 Å². The van der Waals surface area contributed by atoms with Gasteiger partial charge in [0, 0.05) is 18.7 Å². The number of ether oxygens (including phenoxy) is 1. The molecular weight excluding hydrogens is 230 g/mol. The minimum atomic E-state index is -3.05. The highest BCUT2D eigenvalue weighted by atomic mass is 32.2. The lowest BCUT2D eigenvalue weighted by molar-refractivity contribution is -0.123. The number of nitrogens with one attached hydrogen (secondary N) is 1. The quantitative estimate of drug-likeness (QED) is 0.703. The average molecular weight is 249 g/mol. The summed E-state index contributed by atoms with van der Waals surface area (Å²) < 4.78 is 28.0. The van der Waals surface area contributed by atoms with Crippen LogP contribution in [-0.2, 0) is 19.4 Å². The predicted molar refractivity (Wildman–Crippen MR) is 61.2 cm³/mol. The maximum absolute atomic E-state index is 11.6. The van der Waals surface area contributed by atoms with Crippen molar-refractivity contribution in [2.75, 3.05) is 31.3 Å². The summed E-state index contributed by atoms with van der Waals surface area (Å²) in [5.41, 5.74) is 0. The molecule has 0 spiro atoms. The molecule has 6 heteroatoms. The van der Waals surface area contributed by atoms with Gasteiger partial charge in [0.15, 0.2) is 15.6 Å². The Bertz CT molecular complexity index is 320. The molecule has 1 N–H and O–H groups in total. The number of rotatable bonds is 6. The van der Waals surface area contributed by atoms with Crippen LogP contribution in [0.5, 0.6) is 0 Å². The standard InChI is InChI=1S/C10H19NO4S/c1-2-6-16(13,14)7-3-10(12)9-8-15-5-4-11-9/h9,11H,2-8H2,1H3. The number of carbonyl (C=O) groups excluding carboxylic acids is 1. The van der Waals surface area contributed by atoms with Gasteiger partial charge in [0.2, 0.25) is 0 Å². The molecule has 0 amide bonds. The smallest absolute Gasteiger partial charge is 0.153 e. The van der Waals surface area contributed by atoms with Crippen molar-refractivity contribution in [3.05, 3.63) is 0 Å². The van der Waals surface area contributed by atoms with E-state index in [0.717, 1.165) is 0 Å². The first-order valence-corrected chi connectivity index (χ1v) is 7.41. The van der Waals surface area contributed by atoms with Crippen molar-refractivity contribution < 1.29 is 17.9 Å². The zero-order valence-electron chi connectivity index (χ0n) is 9.57. The maximum Gasteiger partial charge on any atom is 0.153 e. The van der Waals surface area contributed by atoms with Crippen molar-refractivity contribution in [1.82, 2.24) is 5.32 Å². The summed E-state index contributed by atoms with van der Waals surface area (Å²) in [5.74, 6) is 0.0478. The zero-order chi connectivity index (χ0) is 12.0. The minimum absolute atomic E-state index is 0.0438. The molecule has 0 aromatic carbocycles. The highest BCUT2D eigenvalue weighted by molar-refractivity contribution is 7.91. The van der Waals surface area contributed by atoms with Crippen LogP contribution in [0.4, 0.5) is 0 Å². The molecule has 0 aromatic heterocycles. The van der Waals surface area contributed by atoms with Gasteiger partial charge in [-0.25, -0.2) is 8.42 Å². The monoisotopic (exact) mass is 249 g/mol. The Labute approximate surface area is 96.5 Å². The van der Waals surface area contributed by atoms with Gasteiger partial charge in [-0.15, -0.1) is 0 Å². The van der Waals surface area contributed by atoms with Crippen molar-refractivity contribution in [1.29, 1.82) is 0 Å². The molecule has 1 fully saturated rings. The van der Waals surface area contributed by atoms with Crippen molar-refractivity contribution in [3.8, 4) is 0 Å². The summed E-state index contributed by atoms with van der Waals surface area (Å²) in [4.78, 5) is 11.6. The van der Waals surface area contributed by atoms with Crippen LogP contribution in [0.1, 0.15) is 19.8 Å². The van der Waals surface area contributed by atoms with Crippen molar-refractivity contribution in [2.24, 2.45) is 0 Å². The van der Waals surface area contributed by atoms with Gasteiger partial charge >= 0.3 is 0 Å². The molecule has 1 unspecified atom stereocenters. The molecule has 1 aliphatic rings. The van der Waals surface area contributed by atoms with E-state index in [2.05, 4.69) is 5.32 Å². The second-order valence-electron chi connectivity index (χ2n) is 3.95. The fourth-order valence-electron chi connectivity index (χ4n) is 1.62. The second-order valence-corrected chi connectivity index (χ2v) is 6.25. The fourth-order valence-corrected chi connectivity index (χ4v) is 2.95. The number of Topliss-reactive ketones (excluding diaryl/α,β-unsaturated/α-hetero) is 1. The van der Waals surface area contributed by atoms with Crippen molar-refractivity contribution in [2.45, 2.75) is 25.8 Å². The van der Waals surface area contributed by atoms with Crippen LogP contribution >= 0.6 is 0 Å². The van der Waals surface area contributed by atoms with Crippen LogP contribution < -0.4 is 5.32 Å². The van der Waals surface area contributed by atoms with E-state index in [9.17, 15) is 13.2 Å². The number of sulfone groups is 1. The number of hydrogen-bond donors (Lipinski definition) is 1. The molecule has 5 nitrogen and oxygen atoms in total. The summed E-state index contributed by atoms with van der Waals surface area (Å²) in [6.45, 7) is 3.43. The molecule has 1 rings (SSSR count). The molecular formula is C10H19NO4S. The molecule has 0 aliphatic carbocycles. The van der Waals surface area contributed by atoms with E-state index in [1.165, 1.54) is 0 Å². The van der Waals surface area contributed by atoms with Gasteiger partial charge in [-0.3, -0.25) is 4.79 Å². The van der Waals surface area contributed by atoms with Gasteiger partial charge in [0.25, 0.3) is 0 Å². The third-order valence-electron chi connectivity index (χ3n) is 2.48. The summed E-state index contributed by atoms with van der Waals surface area (Å²) >= 11 is 0. The number of ketones is 1. The van der Waals surface area contributed by atoms with Crippen molar-refractivity contribution >= 4 is 15.6 Å². The fraction of sp³-hybridized carbons (Fsp3) is 0.900. The van der Waals surface area contributed by atoms with Crippen LogP contribution in [0.2, 0.25) is 0 Å². The molecule has 16 heavy (non-hydrogen) atoms. The molecule has 0 radical (unpaired) electrons. The van der Waals surface area contributed by atoms with E-state index < -0.39 is 9.84 Å². The molecule has 0 aromatic rings. The van der Waals surface area contributed by atoms with Crippen LogP contribution in [0, 0.1) is 0 Å². The van der Waals surface area contributed by atoms with Crippen LogP contribution in [-0.4, -0.2) is 51.5 Å². The van der Waals surface area contributed by atoms with Gasteiger partial charge in [-0.05, 0) is 6.42 Å². The lowest BCUT2D eigenvalue weighted by Crippen LogP contribution is -2.46. The van der Waals surface area contributed by atoms with E-state index in [-0.39, 0.29) is 29.8 Å². The highest BCUT2D eigenvalue weighted by Crippen LogP contribution is 2.02. The summed E-state index contributed by atoms with van der Waals surface area (Å²) in [5, 5.41) is 3.02. The van der Waals surface area contributed by atoms with E-state index in [1.54, 1.807) is 0 Å². The Kier molecular flexibility index (Phi) is 5.37. The predicted octanol–water partition coefficient (Wildman–Crippen LogP) is -0.241. The minimum Gasteiger partial charge on any atom is -0.378 e. The first-order valence-electron chi connectivity index (χ1n) is 5.59. The molecule has 1 aliphatic heterocycles. The Morgan fingerprint density at radius 2 is 2.19 bits per heavy atom. The normalized spacial score (nSPS) is 21.9. The maximum atomic E-state index is 11.6. The SMILES string of the molecule is CCCS(=O)(=O)CCC(=O)C1COCCN1. The highest BCUT2D eigenvalue weighted by Gasteiger charge is 2.22. The third-order valence-corrected chi connectivity index (χ3v) is 4.34. The zero-order valence-corrected chi connectivity index (χ0v) is 10.4. The van der Waals surface area contributed by atoms with E-state index in [4.69, 9.17) is 4.74 Å². The summed E-state index contributed by atoms with van der Waals surface area (Å²) in [7, 11) is -3.05. The number of morpholine rings is 1. The largest absolute Gasteiger partial charge is 0.378 e. The molecule has 1 heterocycles. The van der Waals surface area contributed by atoms with Crippen LogP contribution in [0.15, 0.2) is 0 Å². The Balaban J connectivity index is 2.34. The first-order chi connectivity index (χ1) is 7.55. The Morgan fingerprint density at radius 1 is 1.44 bits per heavy atom. The molecule has 0 bridgehead atoms. The van der Waals surface area contributed by atoms with Gasteiger partial charge in [0.1, 0.15) is 0 Å². The lowest BCUT2D eigenvalue weighted by Gasteiger charge is -2.22. The second kappa shape index (κ2) is 6.32. The first kappa shape index (κ1) is 13.6. The van der Waals surface area contributed by atoms with E-state index in [1.807, 2.05) is 6.92 Å².